The minimum absolute atomic E-state index is 0.0450. The Balaban J connectivity index is 3.82. The summed E-state index contributed by atoms with van der Waals surface area (Å²) in [5.41, 5.74) is 7.59. The summed E-state index contributed by atoms with van der Waals surface area (Å²) in [6.45, 7) is 3.57. The van der Waals surface area contributed by atoms with Crippen molar-refractivity contribution in [3.8, 4) is 0 Å². The van der Waals surface area contributed by atoms with Gasteiger partial charge in [0.25, 0.3) is 0 Å². The molecule has 22 heavy (non-hydrogen) atoms. The van der Waals surface area contributed by atoms with E-state index in [1.165, 1.54) is 0 Å². The van der Waals surface area contributed by atoms with Crippen LogP contribution in [0.4, 0.5) is 0 Å². The molecule has 0 aromatic rings. The molecule has 0 spiro atoms. The summed E-state index contributed by atoms with van der Waals surface area (Å²) >= 11 is 0. The number of rotatable bonds is 11. The predicted octanol–water partition coefficient (Wildman–Crippen LogP) is -1.20. The fraction of sp³-hybridized carbons (Fsp3) is 0.769. The molecule has 2 atom stereocenters. The predicted molar refractivity (Wildman–Crippen MR) is 79.0 cm³/mol. The lowest BCUT2D eigenvalue weighted by Gasteiger charge is -2.18. The van der Waals surface area contributed by atoms with Crippen LogP contribution in [-0.4, -0.2) is 53.3 Å². The van der Waals surface area contributed by atoms with Gasteiger partial charge in [0.15, 0.2) is 0 Å². The molecule has 9 heteroatoms. The van der Waals surface area contributed by atoms with Gasteiger partial charge in [-0.25, -0.2) is 0 Å². The van der Waals surface area contributed by atoms with Crippen molar-refractivity contribution >= 4 is 17.8 Å². The Morgan fingerprint density at radius 2 is 1.73 bits per heavy atom. The normalized spacial score (nSPS) is 13.5. The van der Waals surface area contributed by atoms with E-state index in [9.17, 15) is 14.4 Å². The summed E-state index contributed by atoms with van der Waals surface area (Å²) < 4.78 is 0. The van der Waals surface area contributed by atoms with Gasteiger partial charge in [0.05, 0.1) is 6.04 Å². The van der Waals surface area contributed by atoms with Crippen molar-refractivity contribution < 1.29 is 24.7 Å². The average molecular weight is 318 g/mol. The van der Waals surface area contributed by atoms with Crippen LogP contribution in [0.2, 0.25) is 0 Å². The van der Waals surface area contributed by atoms with E-state index in [1.54, 1.807) is 0 Å². The number of nitrogens with two attached hydrogens (primary N) is 1. The molecule has 0 unspecified atom stereocenters. The molecule has 0 fully saturated rings. The van der Waals surface area contributed by atoms with Gasteiger partial charge in [-0.3, -0.25) is 14.4 Å². The zero-order chi connectivity index (χ0) is 17.1. The first-order valence-corrected chi connectivity index (χ1v) is 7.22. The van der Waals surface area contributed by atoms with Crippen molar-refractivity contribution in [1.29, 1.82) is 0 Å². The van der Waals surface area contributed by atoms with E-state index in [4.69, 9.17) is 16.0 Å². The first kappa shape index (κ1) is 20.3. The maximum absolute atomic E-state index is 11.7. The highest BCUT2D eigenvalue weighted by Gasteiger charge is 2.20. The van der Waals surface area contributed by atoms with Gasteiger partial charge in [0.1, 0.15) is 12.6 Å². The number of nitrogens with one attached hydrogen (secondary N) is 3. The van der Waals surface area contributed by atoms with E-state index in [0.717, 1.165) is 0 Å². The van der Waals surface area contributed by atoms with E-state index in [-0.39, 0.29) is 11.8 Å². The molecule has 0 saturated carbocycles. The van der Waals surface area contributed by atoms with E-state index < -0.39 is 30.5 Å². The average Bonchev–Trinajstić information content (AvgIpc) is 2.44. The number of hydrogen-bond acceptors (Lipinski definition) is 6. The second-order valence-corrected chi connectivity index (χ2v) is 5.36. The molecule has 2 amide bonds. The van der Waals surface area contributed by atoms with E-state index in [2.05, 4.69) is 10.6 Å². The van der Waals surface area contributed by atoms with Crippen LogP contribution in [0.1, 0.15) is 33.1 Å². The number of amides is 2. The van der Waals surface area contributed by atoms with Crippen LogP contribution in [-0.2, 0) is 14.4 Å². The standard InChI is InChI=1S/C13H26N4O5/c1-8(2)11(17-22)13(21)15-6-4-3-5-9(14)12(20)16-7-10(18)19/h8-9,11,17,22H,3-7,14H2,1-2H3,(H,15,21)(H,16,20)(H,18,19)/t9-,11-/m0/s1. The van der Waals surface area contributed by atoms with Crippen molar-refractivity contribution in [1.82, 2.24) is 16.1 Å². The Morgan fingerprint density at radius 1 is 1.09 bits per heavy atom. The fourth-order valence-electron chi connectivity index (χ4n) is 1.75. The summed E-state index contributed by atoms with van der Waals surface area (Å²) in [6, 6.07) is -1.43. The fourth-order valence-corrected chi connectivity index (χ4v) is 1.75. The second-order valence-electron chi connectivity index (χ2n) is 5.36. The molecular formula is C13H26N4O5. The van der Waals surface area contributed by atoms with Gasteiger partial charge in [-0.15, -0.1) is 0 Å². The summed E-state index contributed by atoms with van der Waals surface area (Å²) in [6.07, 6.45) is 1.63. The Bertz CT molecular complexity index is 375. The summed E-state index contributed by atoms with van der Waals surface area (Å²) in [5, 5.41) is 22.2. The molecule has 0 saturated heterocycles. The lowest BCUT2D eigenvalue weighted by Crippen LogP contribution is -2.46. The lowest BCUT2D eigenvalue weighted by molar-refractivity contribution is -0.138. The molecule has 0 aromatic carbocycles. The van der Waals surface area contributed by atoms with Gasteiger partial charge >= 0.3 is 5.97 Å². The molecule has 0 aromatic heterocycles. The van der Waals surface area contributed by atoms with Crippen molar-refractivity contribution in [2.45, 2.75) is 45.2 Å². The van der Waals surface area contributed by atoms with Crippen LogP contribution in [0, 0.1) is 5.92 Å². The Labute approximate surface area is 129 Å². The van der Waals surface area contributed by atoms with Crippen LogP contribution in [0.5, 0.6) is 0 Å². The summed E-state index contributed by atoms with van der Waals surface area (Å²) in [4.78, 5) is 33.4. The number of aliphatic carboxylic acids is 1. The molecule has 0 heterocycles. The molecule has 0 bridgehead atoms. The Morgan fingerprint density at radius 3 is 2.23 bits per heavy atom. The summed E-state index contributed by atoms with van der Waals surface area (Å²) in [5.74, 6) is -1.96. The van der Waals surface area contributed by atoms with Crippen LogP contribution in [0.3, 0.4) is 0 Å². The minimum Gasteiger partial charge on any atom is -0.480 e. The number of carbonyl (C=O) groups excluding carboxylic acids is 2. The highest BCUT2D eigenvalue weighted by molar-refractivity contribution is 5.85. The molecule has 0 aliphatic heterocycles. The molecule has 7 N–H and O–H groups in total. The smallest absolute Gasteiger partial charge is 0.322 e. The largest absolute Gasteiger partial charge is 0.480 e. The minimum atomic E-state index is -1.12. The van der Waals surface area contributed by atoms with Crippen molar-refractivity contribution in [3.63, 3.8) is 0 Å². The molecule has 9 nitrogen and oxygen atoms in total. The number of hydroxylamine groups is 1. The van der Waals surface area contributed by atoms with Crippen molar-refractivity contribution in [3.05, 3.63) is 0 Å². The number of carbonyl (C=O) groups is 3. The van der Waals surface area contributed by atoms with Gasteiger partial charge < -0.3 is 26.7 Å². The van der Waals surface area contributed by atoms with Gasteiger partial charge in [-0.1, -0.05) is 13.8 Å². The number of hydrogen-bond donors (Lipinski definition) is 6. The Kier molecular flexibility index (Phi) is 10.1. The molecule has 128 valence electrons. The molecule has 0 aliphatic rings. The van der Waals surface area contributed by atoms with Crippen LogP contribution >= 0.6 is 0 Å². The number of carboxylic acid groups (broad SMARTS) is 1. The molecule has 0 rings (SSSR count). The monoisotopic (exact) mass is 318 g/mol. The third-order valence-electron chi connectivity index (χ3n) is 3.08. The number of unbranched alkanes of at least 4 members (excludes halogenated alkanes) is 1. The first-order chi connectivity index (χ1) is 10.3. The zero-order valence-corrected chi connectivity index (χ0v) is 13.0. The third-order valence-corrected chi connectivity index (χ3v) is 3.08. The van der Waals surface area contributed by atoms with Gasteiger partial charge in [-0.05, 0) is 25.2 Å². The topological polar surface area (TPSA) is 154 Å². The maximum Gasteiger partial charge on any atom is 0.322 e. The first-order valence-electron chi connectivity index (χ1n) is 7.22. The second kappa shape index (κ2) is 10.9. The third kappa shape index (κ3) is 8.55. The highest BCUT2D eigenvalue weighted by atomic mass is 16.5. The van der Waals surface area contributed by atoms with Crippen LogP contribution in [0.15, 0.2) is 0 Å². The van der Waals surface area contributed by atoms with Crippen LogP contribution < -0.4 is 21.8 Å². The van der Waals surface area contributed by atoms with Gasteiger partial charge in [-0.2, -0.15) is 5.48 Å². The SMILES string of the molecule is CC(C)[C@H](NO)C(=O)NCCCC[C@H](N)C(=O)NCC(=O)O. The molecule has 0 aliphatic carbocycles. The maximum atomic E-state index is 11.7. The molecular weight excluding hydrogens is 292 g/mol. The van der Waals surface area contributed by atoms with Crippen molar-refractivity contribution in [2.24, 2.45) is 11.7 Å². The van der Waals surface area contributed by atoms with Crippen LogP contribution in [0.25, 0.3) is 0 Å². The highest BCUT2D eigenvalue weighted by Crippen LogP contribution is 2.02. The van der Waals surface area contributed by atoms with Gasteiger partial charge in [0, 0.05) is 6.54 Å². The molecule has 0 radical (unpaired) electrons. The summed E-state index contributed by atoms with van der Waals surface area (Å²) in [7, 11) is 0. The van der Waals surface area contributed by atoms with E-state index >= 15 is 0 Å². The Hall–Kier alpha value is -1.71. The van der Waals surface area contributed by atoms with E-state index in [1.807, 2.05) is 19.3 Å². The van der Waals surface area contributed by atoms with E-state index in [0.29, 0.717) is 25.8 Å². The lowest BCUT2D eigenvalue weighted by atomic mass is 10.0. The quantitative estimate of drug-likeness (QED) is 0.207. The van der Waals surface area contributed by atoms with Crippen molar-refractivity contribution in [2.75, 3.05) is 13.1 Å². The van der Waals surface area contributed by atoms with Gasteiger partial charge in [0.2, 0.25) is 11.8 Å². The number of carboxylic acids is 1. The zero-order valence-electron chi connectivity index (χ0n) is 13.0.